The molecule has 5 nitrogen and oxygen atoms in total. The zero-order valence-corrected chi connectivity index (χ0v) is 9.35. The zero-order valence-electron chi connectivity index (χ0n) is 8.54. The standard InChI is InChI=1S/C10H13NO4S/c11-9(10(12)15-7-16(13)14)6-8-4-2-1-3-5-8/h1-5,9H,6-7,11H2,(H,13,14)/t9-/m0/s1. The summed E-state index contributed by atoms with van der Waals surface area (Å²) in [7, 11) is 0. The Hall–Kier alpha value is -1.24. The third-order valence-corrected chi connectivity index (χ3v) is 2.22. The summed E-state index contributed by atoms with van der Waals surface area (Å²) in [5, 5.41) is 0. The van der Waals surface area contributed by atoms with Gasteiger partial charge in [0.05, 0.1) is 0 Å². The van der Waals surface area contributed by atoms with Crippen LogP contribution in [0.15, 0.2) is 30.3 Å². The van der Waals surface area contributed by atoms with Gasteiger partial charge in [0.25, 0.3) is 0 Å². The van der Waals surface area contributed by atoms with Crippen molar-refractivity contribution < 1.29 is 18.3 Å². The predicted molar refractivity (Wildman–Crippen MR) is 59.9 cm³/mol. The summed E-state index contributed by atoms with van der Waals surface area (Å²) in [4.78, 5) is 11.3. The van der Waals surface area contributed by atoms with Crippen molar-refractivity contribution in [1.29, 1.82) is 0 Å². The molecule has 0 radical (unpaired) electrons. The molecule has 1 unspecified atom stereocenters. The number of rotatable bonds is 5. The first-order valence-corrected chi connectivity index (χ1v) is 5.91. The van der Waals surface area contributed by atoms with E-state index in [1.54, 1.807) is 0 Å². The minimum Gasteiger partial charge on any atom is -0.448 e. The SMILES string of the molecule is N[C@@H](Cc1ccccc1)C(=O)OCS(=O)O. The number of ether oxygens (including phenoxy) is 1. The zero-order chi connectivity index (χ0) is 12.0. The fraction of sp³-hybridized carbons (Fsp3) is 0.300. The average Bonchev–Trinajstić information content (AvgIpc) is 2.27. The molecular formula is C10H13NO4S. The molecule has 0 heterocycles. The highest BCUT2D eigenvalue weighted by Gasteiger charge is 2.16. The molecule has 2 atom stereocenters. The van der Waals surface area contributed by atoms with E-state index in [0.717, 1.165) is 5.56 Å². The first-order chi connectivity index (χ1) is 7.59. The highest BCUT2D eigenvalue weighted by atomic mass is 32.2. The first kappa shape index (κ1) is 12.8. The number of esters is 1. The predicted octanol–water partition coefficient (Wildman–Crippen LogP) is 0.279. The topological polar surface area (TPSA) is 89.6 Å². The Labute approximate surface area is 95.9 Å². The summed E-state index contributed by atoms with van der Waals surface area (Å²) in [5.74, 6) is -1.22. The van der Waals surface area contributed by atoms with Crippen molar-refractivity contribution in [3.05, 3.63) is 35.9 Å². The summed E-state index contributed by atoms with van der Waals surface area (Å²) in [5.41, 5.74) is 6.49. The molecule has 0 amide bonds. The van der Waals surface area contributed by atoms with Gasteiger partial charge in [-0.25, -0.2) is 4.21 Å². The van der Waals surface area contributed by atoms with Gasteiger partial charge in [-0.3, -0.25) is 4.79 Å². The van der Waals surface area contributed by atoms with Gasteiger partial charge in [-0.05, 0) is 12.0 Å². The van der Waals surface area contributed by atoms with Gasteiger partial charge in [0, 0.05) is 0 Å². The molecule has 1 rings (SSSR count). The van der Waals surface area contributed by atoms with Crippen molar-refractivity contribution in [3.8, 4) is 0 Å². The van der Waals surface area contributed by atoms with E-state index in [2.05, 4.69) is 4.74 Å². The van der Waals surface area contributed by atoms with Crippen molar-refractivity contribution in [2.45, 2.75) is 12.5 Å². The molecule has 0 aliphatic heterocycles. The van der Waals surface area contributed by atoms with Gasteiger partial charge in [-0.2, -0.15) is 0 Å². The van der Waals surface area contributed by atoms with Crippen LogP contribution in [-0.4, -0.2) is 26.7 Å². The van der Waals surface area contributed by atoms with Gasteiger partial charge in [-0.15, -0.1) is 0 Å². The third kappa shape index (κ3) is 4.52. The number of benzene rings is 1. The normalized spacial score (nSPS) is 14.1. The van der Waals surface area contributed by atoms with Crippen molar-refractivity contribution in [3.63, 3.8) is 0 Å². The van der Waals surface area contributed by atoms with Crippen LogP contribution >= 0.6 is 0 Å². The molecule has 0 saturated carbocycles. The highest BCUT2D eigenvalue weighted by Crippen LogP contribution is 2.02. The van der Waals surface area contributed by atoms with Crippen molar-refractivity contribution in [2.75, 3.05) is 5.94 Å². The van der Waals surface area contributed by atoms with Crippen LogP contribution in [-0.2, 0) is 27.0 Å². The fourth-order valence-corrected chi connectivity index (χ4v) is 1.38. The molecule has 16 heavy (non-hydrogen) atoms. The van der Waals surface area contributed by atoms with Gasteiger partial charge in [0.15, 0.2) is 17.0 Å². The summed E-state index contributed by atoms with van der Waals surface area (Å²) < 4.78 is 23.2. The monoisotopic (exact) mass is 243 g/mol. The molecule has 0 aliphatic rings. The molecule has 0 aliphatic carbocycles. The number of nitrogens with two attached hydrogens (primary N) is 1. The van der Waals surface area contributed by atoms with Crippen LogP contribution in [0.2, 0.25) is 0 Å². The Bertz CT molecular complexity index is 368. The van der Waals surface area contributed by atoms with Crippen molar-refractivity contribution in [2.24, 2.45) is 5.73 Å². The molecule has 6 heteroatoms. The summed E-state index contributed by atoms with van der Waals surface area (Å²) >= 11 is -2.15. The maximum atomic E-state index is 11.3. The summed E-state index contributed by atoms with van der Waals surface area (Å²) in [6.07, 6.45) is 0.345. The number of carbonyl (C=O) groups is 1. The van der Waals surface area contributed by atoms with Gasteiger partial charge in [0.2, 0.25) is 0 Å². The van der Waals surface area contributed by atoms with E-state index >= 15 is 0 Å². The van der Waals surface area contributed by atoms with E-state index in [-0.39, 0.29) is 0 Å². The first-order valence-electron chi connectivity index (χ1n) is 4.63. The molecule has 0 fully saturated rings. The lowest BCUT2D eigenvalue weighted by Crippen LogP contribution is -2.34. The van der Waals surface area contributed by atoms with E-state index in [4.69, 9.17) is 10.3 Å². The van der Waals surface area contributed by atoms with Crippen LogP contribution in [0.25, 0.3) is 0 Å². The van der Waals surface area contributed by atoms with Crippen molar-refractivity contribution in [1.82, 2.24) is 0 Å². The second kappa shape index (κ2) is 6.37. The van der Waals surface area contributed by atoms with Crippen LogP contribution < -0.4 is 5.73 Å². The third-order valence-electron chi connectivity index (χ3n) is 1.90. The Morgan fingerprint density at radius 1 is 1.44 bits per heavy atom. The quantitative estimate of drug-likeness (QED) is 0.572. The van der Waals surface area contributed by atoms with E-state index in [1.165, 1.54) is 0 Å². The molecule has 1 aromatic carbocycles. The lowest BCUT2D eigenvalue weighted by molar-refractivity contribution is -0.143. The molecule has 3 N–H and O–H groups in total. The summed E-state index contributed by atoms with van der Waals surface area (Å²) in [6, 6.07) is 8.43. The maximum Gasteiger partial charge on any atom is 0.324 e. The molecule has 0 bridgehead atoms. The van der Waals surface area contributed by atoms with Gasteiger partial charge in [-0.1, -0.05) is 30.3 Å². The van der Waals surface area contributed by atoms with Crippen LogP contribution in [0.3, 0.4) is 0 Å². The molecule has 0 spiro atoms. The molecule has 88 valence electrons. The van der Waals surface area contributed by atoms with Crippen LogP contribution in [0.4, 0.5) is 0 Å². The van der Waals surface area contributed by atoms with Crippen LogP contribution in [0, 0.1) is 0 Å². The average molecular weight is 243 g/mol. The van der Waals surface area contributed by atoms with E-state index < -0.39 is 29.0 Å². The molecule has 0 aromatic heterocycles. The number of hydrogen-bond donors (Lipinski definition) is 2. The Balaban J connectivity index is 2.43. The Morgan fingerprint density at radius 2 is 2.06 bits per heavy atom. The second-order valence-electron chi connectivity index (χ2n) is 3.20. The fourth-order valence-electron chi connectivity index (χ4n) is 1.17. The molecule has 0 saturated heterocycles. The number of hydrogen-bond acceptors (Lipinski definition) is 4. The van der Waals surface area contributed by atoms with E-state index in [9.17, 15) is 9.00 Å². The molecule has 1 aromatic rings. The smallest absolute Gasteiger partial charge is 0.324 e. The van der Waals surface area contributed by atoms with E-state index in [0.29, 0.717) is 6.42 Å². The van der Waals surface area contributed by atoms with Crippen LogP contribution in [0.1, 0.15) is 5.56 Å². The van der Waals surface area contributed by atoms with Gasteiger partial charge in [0.1, 0.15) is 6.04 Å². The second-order valence-corrected chi connectivity index (χ2v) is 4.08. The Kier molecular flexibility index (Phi) is 5.10. The highest BCUT2D eigenvalue weighted by molar-refractivity contribution is 7.79. The van der Waals surface area contributed by atoms with E-state index in [1.807, 2.05) is 30.3 Å². The van der Waals surface area contributed by atoms with Gasteiger partial charge < -0.3 is 15.0 Å². The van der Waals surface area contributed by atoms with Gasteiger partial charge >= 0.3 is 5.97 Å². The van der Waals surface area contributed by atoms with Crippen molar-refractivity contribution >= 4 is 17.0 Å². The molecular weight excluding hydrogens is 230 g/mol. The number of carbonyl (C=O) groups excluding carboxylic acids is 1. The minimum absolute atomic E-state index is 0.345. The lowest BCUT2D eigenvalue weighted by atomic mass is 10.1. The Morgan fingerprint density at radius 3 is 2.62 bits per heavy atom. The maximum absolute atomic E-state index is 11.3. The largest absolute Gasteiger partial charge is 0.448 e. The van der Waals surface area contributed by atoms with Crippen LogP contribution in [0.5, 0.6) is 0 Å². The summed E-state index contributed by atoms with van der Waals surface area (Å²) in [6.45, 7) is 0. The lowest BCUT2D eigenvalue weighted by Gasteiger charge is -2.10. The minimum atomic E-state index is -2.15.